The van der Waals surface area contributed by atoms with Crippen LogP contribution in [0.1, 0.15) is 36.0 Å². The number of pyridine rings is 1. The summed E-state index contributed by atoms with van der Waals surface area (Å²) >= 11 is 0. The maximum atomic E-state index is 4.60. The molecule has 0 atom stereocenters. The summed E-state index contributed by atoms with van der Waals surface area (Å²) in [4.78, 5) is 8.94. The minimum absolute atomic E-state index is 0.886. The molecule has 19 heavy (non-hydrogen) atoms. The van der Waals surface area contributed by atoms with Crippen molar-refractivity contribution in [3.05, 3.63) is 41.1 Å². The lowest BCUT2D eigenvalue weighted by molar-refractivity contribution is 0.673. The Kier molecular flexibility index (Phi) is 4.32. The first kappa shape index (κ1) is 13.7. The molecule has 0 radical (unpaired) electrons. The van der Waals surface area contributed by atoms with Gasteiger partial charge >= 0.3 is 0 Å². The van der Waals surface area contributed by atoms with Crippen molar-refractivity contribution in [3.8, 4) is 5.82 Å². The van der Waals surface area contributed by atoms with Gasteiger partial charge in [0.15, 0.2) is 0 Å². The standard InChI is InChI=1S/C15H22N4/c1-5-6-16-9-14-7-11(2)18-15(8-14)19-10-17-12(3)13(19)4/h7-8,10,16H,5-6,9H2,1-4H3. The van der Waals surface area contributed by atoms with Gasteiger partial charge in [-0.2, -0.15) is 0 Å². The van der Waals surface area contributed by atoms with Crippen LogP contribution in [-0.2, 0) is 6.54 Å². The summed E-state index contributed by atoms with van der Waals surface area (Å²) in [6.07, 6.45) is 2.99. The summed E-state index contributed by atoms with van der Waals surface area (Å²) in [7, 11) is 0. The second kappa shape index (κ2) is 5.97. The zero-order chi connectivity index (χ0) is 13.8. The fraction of sp³-hybridized carbons (Fsp3) is 0.467. The Morgan fingerprint density at radius 2 is 2.00 bits per heavy atom. The van der Waals surface area contributed by atoms with Gasteiger partial charge < -0.3 is 5.32 Å². The van der Waals surface area contributed by atoms with Crippen molar-refractivity contribution in [3.63, 3.8) is 0 Å². The molecule has 0 bridgehead atoms. The van der Waals surface area contributed by atoms with Crippen LogP contribution < -0.4 is 5.32 Å². The molecule has 1 N–H and O–H groups in total. The number of hydrogen-bond donors (Lipinski definition) is 1. The van der Waals surface area contributed by atoms with Crippen LogP contribution in [0.4, 0.5) is 0 Å². The van der Waals surface area contributed by atoms with E-state index >= 15 is 0 Å². The molecule has 2 aromatic rings. The van der Waals surface area contributed by atoms with Crippen molar-refractivity contribution in [2.75, 3.05) is 6.54 Å². The van der Waals surface area contributed by atoms with Crippen LogP contribution in [0.5, 0.6) is 0 Å². The fourth-order valence-electron chi connectivity index (χ4n) is 2.09. The van der Waals surface area contributed by atoms with Gasteiger partial charge in [0.2, 0.25) is 0 Å². The highest BCUT2D eigenvalue weighted by atomic mass is 15.1. The van der Waals surface area contributed by atoms with Crippen molar-refractivity contribution >= 4 is 0 Å². The van der Waals surface area contributed by atoms with E-state index in [1.54, 1.807) is 0 Å². The van der Waals surface area contributed by atoms with E-state index in [2.05, 4.69) is 41.3 Å². The second-order valence-corrected chi connectivity index (χ2v) is 4.94. The topological polar surface area (TPSA) is 42.7 Å². The monoisotopic (exact) mass is 258 g/mol. The van der Waals surface area contributed by atoms with Crippen LogP contribution in [0, 0.1) is 20.8 Å². The minimum atomic E-state index is 0.886. The Bertz CT molecular complexity index is 557. The zero-order valence-electron chi connectivity index (χ0n) is 12.2. The summed E-state index contributed by atoms with van der Waals surface area (Å²) in [5, 5.41) is 3.42. The summed E-state index contributed by atoms with van der Waals surface area (Å²) < 4.78 is 2.05. The van der Waals surface area contributed by atoms with Gasteiger partial charge in [-0.1, -0.05) is 6.92 Å². The first-order valence-corrected chi connectivity index (χ1v) is 6.81. The third-order valence-electron chi connectivity index (χ3n) is 3.25. The summed E-state index contributed by atoms with van der Waals surface area (Å²) in [6.45, 7) is 10.2. The maximum Gasteiger partial charge on any atom is 0.138 e. The Morgan fingerprint density at radius 3 is 2.63 bits per heavy atom. The number of aromatic nitrogens is 3. The van der Waals surface area contributed by atoms with Crippen LogP contribution in [-0.4, -0.2) is 21.1 Å². The van der Waals surface area contributed by atoms with Gasteiger partial charge in [0.05, 0.1) is 5.69 Å². The van der Waals surface area contributed by atoms with Gasteiger partial charge in [-0.05, 0) is 51.4 Å². The molecule has 0 saturated heterocycles. The van der Waals surface area contributed by atoms with Crippen molar-refractivity contribution in [2.45, 2.75) is 40.7 Å². The molecule has 0 saturated carbocycles. The third-order valence-corrected chi connectivity index (χ3v) is 3.25. The maximum absolute atomic E-state index is 4.60. The lowest BCUT2D eigenvalue weighted by Crippen LogP contribution is -2.14. The van der Waals surface area contributed by atoms with E-state index in [1.807, 2.05) is 24.7 Å². The van der Waals surface area contributed by atoms with E-state index in [-0.39, 0.29) is 0 Å². The van der Waals surface area contributed by atoms with Gasteiger partial charge in [0.1, 0.15) is 12.1 Å². The van der Waals surface area contributed by atoms with Crippen molar-refractivity contribution < 1.29 is 0 Å². The number of aryl methyl sites for hydroxylation is 2. The molecule has 2 heterocycles. The number of rotatable bonds is 5. The first-order chi connectivity index (χ1) is 9.11. The first-order valence-electron chi connectivity index (χ1n) is 6.81. The zero-order valence-corrected chi connectivity index (χ0v) is 12.2. The average Bonchev–Trinajstić information content (AvgIpc) is 2.70. The lowest BCUT2D eigenvalue weighted by atomic mass is 10.2. The molecule has 0 unspecified atom stereocenters. The molecule has 0 spiro atoms. The van der Waals surface area contributed by atoms with Gasteiger partial charge in [-0.15, -0.1) is 0 Å². The average molecular weight is 258 g/mol. The SMILES string of the molecule is CCCNCc1cc(C)nc(-n2cnc(C)c2C)c1. The molecular formula is C15H22N4. The smallest absolute Gasteiger partial charge is 0.138 e. The molecular weight excluding hydrogens is 236 g/mol. The van der Waals surface area contributed by atoms with Crippen LogP contribution >= 0.6 is 0 Å². The highest BCUT2D eigenvalue weighted by Gasteiger charge is 2.07. The number of nitrogens with zero attached hydrogens (tertiary/aromatic N) is 3. The minimum Gasteiger partial charge on any atom is -0.313 e. The predicted octanol–water partition coefficient (Wildman–Crippen LogP) is 2.69. The number of hydrogen-bond acceptors (Lipinski definition) is 3. The van der Waals surface area contributed by atoms with Gasteiger partial charge in [0, 0.05) is 17.9 Å². The number of imidazole rings is 1. The molecule has 0 aliphatic carbocycles. The van der Waals surface area contributed by atoms with Crippen LogP contribution in [0.2, 0.25) is 0 Å². The quantitative estimate of drug-likeness (QED) is 0.838. The molecule has 2 rings (SSSR count). The normalized spacial score (nSPS) is 10.9. The molecule has 0 amide bonds. The second-order valence-electron chi connectivity index (χ2n) is 4.94. The van der Waals surface area contributed by atoms with Crippen molar-refractivity contribution in [2.24, 2.45) is 0 Å². The molecule has 0 fully saturated rings. The van der Waals surface area contributed by atoms with E-state index in [9.17, 15) is 0 Å². The van der Waals surface area contributed by atoms with Gasteiger partial charge in [0.25, 0.3) is 0 Å². The van der Waals surface area contributed by atoms with Crippen LogP contribution in [0.25, 0.3) is 5.82 Å². The third kappa shape index (κ3) is 3.20. The Labute approximate surface area is 114 Å². The van der Waals surface area contributed by atoms with E-state index in [1.165, 1.54) is 5.56 Å². The van der Waals surface area contributed by atoms with E-state index in [4.69, 9.17) is 0 Å². The number of nitrogens with one attached hydrogen (secondary N) is 1. The Hall–Kier alpha value is -1.68. The highest BCUT2D eigenvalue weighted by molar-refractivity contribution is 5.33. The molecule has 0 aliphatic rings. The highest BCUT2D eigenvalue weighted by Crippen LogP contribution is 2.14. The Morgan fingerprint density at radius 1 is 1.21 bits per heavy atom. The molecule has 2 aromatic heterocycles. The largest absolute Gasteiger partial charge is 0.313 e. The summed E-state index contributed by atoms with van der Waals surface area (Å²) in [5.74, 6) is 0.950. The van der Waals surface area contributed by atoms with Crippen molar-refractivity contribution in [1.82, 2.24) is 19.9 Å². The molecule has 4 nitrogen and oxygen atoms in total. The van der Waals surface area contributed by atoms with Gasteiger partial charge in [-0.25, -0.2) is 9.97 Å². The van der Waals surface area contributed by atoms with E-state index < -0.39 is 0 Å². The van der Waals surface area contributed by atoms with Crippen LogP contribution in [0.3, 0.4) is 0 Å². The van der Waals surface area contributed by atoms with Crippen molar-refractivity contribution in [1.29, 1.82) is 0 Å². The Balaban J connectivity index is 2.28. The summed E-state index contributed by atoms with van der Waals surface area (Å²) in [6, 6.07) is 4.26. The van der Waals surface area contributed by atoms with Gasteiger partial charge in [-0.3, -0.25) is 4.57 Å². The van der Waals surface area contributed by atoms with E-state index in [0.717, 1.165) is 42.4 Å². The molecule has 0 aromatic carbocycles. The predicted molar refractivity (Wildman–Crippen MR) is 77.6 cm³/mol. The van der Waals surface area contributed by atoms with E-state index in [0.29, 0.717) is 0 Å². The molecule has 0 aliphatic heterocycles. The van der Waals surface area contributed by atoms with Crippen LogP contribution in [0.15, 0.2) is 18.5 Å². The summed E-state index contributed by atoms with van der Waals surface area (Å²) in [5.41, 5.74) is 4.50. The fourth-order valence-corrected chi connectivity index (χ4v) is 2.09. The molecule has 102 valence electrons. The molecule has 4 heteroatoms. The lowest BCUT2D eigenvalue weighted by Gasteiger charge is -2.10.